The molecule has 25 heavy (non-hydrogen) atoms. The van der Waals surface area contributed by atoms with Crippen molar-refractivity contribution in [3.05, 3.63) is 22.1 Å². The third kappa shape index (κ3) is 3.16. The Morgan fingerprint density at radius 3 is 2.68 bits per heavy atom. The number of nitrogens with one attached hydrogen (secondary N) is 3. The van der Waals surface area contributed by atoms with Gasteiger partial charge in [0.25, 0.3) is 5.56 Å². The number of carbonyl (C=O) groups excluding carboxylic acids is 1. The van der Waals surface area contributed by atoms with E-state index >= 15 is 0 Å². The molecule has 1 amide bonds. The summed E-state index contributed by atoms with van der Waals surface area (Å²) in [5.74, 6) is -0.567. The Morgan fingerprint density at radius 2 is 2.08 bits per heavy atom. The molecule has 4 atom stereocenters. The summed E-state index contributed by atoms with van der Waals surface area (Å²) in [7, 11) is 0. The molecule has 1 aliphatic rings. The Labute approximate surface area is 141 Å². The zero-order valence-electron chi connectivity index (χ0n) is 13.7. The highest BCUT2D eigenvalue weighted by atomic mass is 16.6. The normalized spacial score (nSPS) is 26.5. The van der Waals surface area contributed by atoms with Crippen molar-refractivity contribution in [3.63, 3.8) is 0 Å². The minimum Gasteiger partial charge on any atom is -0.394 e. The van der Waals surface area contributed by atoms with Gasteiger partial charge >= 0.3 is 0 Å². The number of H-pyrrole nitrogens is 2. The van der Waals surface area contributed by atoms with Gasteiger partial charge in [-0.05, 0) is 6.07 Å². The lowest BCUT2D eigenvalue weighted by molar-refractivity contribution is -0.118. The standard InChI is InChI=1S/C15H20N4O6/c1-5(2)13(23)18-15-17-12-6(14(24)19-15)3-7(16-12)11-10(22)9(21)8(4-20)25-11/h3,5,8-11,20-22H,4H2,1-2H3,(H3,16,17,18,19,23,24)/t8-,9-,10-,11?/m1/s1. The molecule has 3 heterocycles. The summed E-state index contributed by atoms with van der Waals surface area (Å²) in [5.41, 5.74) is 0.0664. The molecule has 0 bridgehead atoms. The Bertz CT molecular complexity index is 844. The van der Waals surface area contributed by atoms with Crippen molar-refractivity contribution in [2.45, 2.75) is 38.3 Å². The lowest BCUT2D eigenvalue weighted by atomic mass is 10.1. The maximum atomic E-state index is 12.2. The lowest BCUT2D eigenvalue weighted by Gasteiger charge is -2.12. The summed E-state index contributed by atoms with van der Waals surface area (Å²) < 4.78 is 5.43. The van der Waals surface area contributed by atoms with E-state index in [0.717, 1.165) is 0 Å². The number of aliphatic hydroxyl groups is 3. The third-order valence-corrected chi connectivity index (χ3v) is 4.13. The summed E-state index contributed by atoms with van der Waals surface area (Å²) in [6.45, 7) is 2.97. The summed E-state index contributed by atoms with van der Waals surface area (Å²) in [6.07, 6.45) is -4.36. The maximum Gasteiger partial charge on any atom is 0.261 e. The highest BCUT2D eigenvalue weighted by molar-refractivity contribution is 5.91. The van der Waals surface area contributed by atoms with Gasteiger partial charge in [-0.3, -0.25) is 19.9 Å². The fourth-order valence-corrected chi connectivity index (χ4v) is 2.67. The molecule has 0 aromatic carbocycles. The highest BCUT2D eigenvalue weighted by Crippen LogP contribution is 2.33. The zero-order chi connectivity index (χ0) is 18.3. The average molecular weight is 352 g/mol. The molecule has 0 aliphatic carbocycles. The summed E-state index contributed by atoms with van der Waals surface area (Å²) in [6, 6.07) is 1.45. The molecule has 0 saturated carbocycles. The molecule has 1 saturated heterocycles. The minimum absolute atomic E-state index is 0.00533. The van der Waals surface area contributed by atoms with E-state index in [-0.39, 0.29) is 28.8 Å². The van der Waals surface area contributed by atoms with Crippen molar-refractivity contribution in [2.24, 2.45) is 5.92 Å². The van der Waals surface area contributed by atoms with E-state index in [1.807, 2.05) is 0 Å². The SMILES string of the molecule is CC(C)C(=O)Nc1nc2[nH]c(C3O[C@H](CO)[C@@H](O)[C@H]3O)cc2c(=O)[nH]1. The van der Waals surface area contributed by atoms with Crippen LogP contribution in [0.5, 0.6) is 0 Å². The van der Waals surface area contributed by atoms with Gasteiger partial charge in [0.15, 0.2) is 0 Å². The number of hydrogen-bond acceptors (Lipinski definition) is 7. The average Bonchev–Trinajstić information content (AvgIpc) is 3.10. The van der Waals surface area contributed by atoms with Crippen LogP contribution in [0.4, 0.5) is 5.95 Å². The van der Waals surface area contributed by atoms with E-state index in [4.69, 9.17) is 9.84 Å². The fraction of sp³-hybridized carbons (Fsp3) is 0.533. The Morgan fingerprint density at radius 1 is 1.36 bits per heavy atom. The van der Waals surface area contributed by atoms with Crippen LogP contribution in [0.15, 0.2) is 10.9 Å². The van der Waals surface area contributed by atoms with Crippen molar-refractivity contribution < 1.29 is 24.9 Å². The summed E-state index contributed by atoms with van der Waals surface area (Å²) in [4.78, 5) is 33.4. The van der Waals surface area contributed by atoms with Gasteiger partial charge in [0.2, 0.25) is 11.9 Å². The number of rotatable bonds is 4. The van der Waals surface area contributed by atoms with Crippen LogP contribution in [0.1, 0.15) is 25.6 Å². The Hall–Kier alpha value is -2.27. The highest BCUT2D eigenvalue weighted by Gasteiger charge is 2.43. The van der Waals surface area contributed by atoms with Gasteiger partial charge in [-0.25, -0.2) is 0 Å². The maximum absolute atomic E-state index is 12.2. The van der Waals surface area contributed by atoms with Crippen molar-refractivity contribution >= 4 is 22.9 Å². The number of amides is 1. The molecular weight excluding hydrogens is 332 g/mol. The smallest absolute Gasteiger partial charge is 0.261 e. The molecule has 0 spiro atoms. The van der Waals surface area contributed by atoms with Crippen LogP contribution in [0.3, 0.4) is 0 Å². The molecule has 1 aliphatic heterocycles. The van der Waals surface area contributed by atoms with Gasteiger partial charge in [0.1, 0.15) is 30.1 Å². The van der Waals surface area contributed by atoms with E-state index in [0.29, 0.717) is 5.69 Å². The fourth-order valence-electron chi connectivity index (χ4n) is 2.67. The van der Waals surface area contributed by atoms with Gasteiger partial charge in [-0.1, -0.05) is 13.8 Å². The van der Waals surface area contributed by atoms with Crippen molar-refractivity contribution in [1.29, 1.82) is 0 Å². The predicted octanol–water partition coefficient (Wildman–Crippen LogP) is -1.00. The number of nitrogens with zero attached hydrogens (tertiary/aromatic N) is 1. The third-order valence-electron chi connectivity index (χ3n) is 4.13. The van der Waals surface area contributed by atoms with Crippen LogP contribution < -0.4 is 10.9 Å². The van der Waals surface area contributed by atoms with Gasteiger partial charge in [0.05, 0.1) is 12.0 Å². The van der Waals surface area contributed by atoms with Gasteiger partial charge in [0, 0.05) is 11.6 Å². The minimum atomic E-state index is -1.26. The van der Waals surface area contributed by atoms with Gasteiger partial charge < -0.3 is 25.0 Å². The van der Waals surface area contributed by atoms with Gasteiger partial charge in [-0.2, -0.15) is 4.98 Å². The van der Waals surface area contributed by atoms with E-state index in [2.05, 4.69) is 20.3 Å². The molecule has 10 nitrogen and oxygen atoms in total. The van der Waals surface area contributed by atoms with Gasteiger partial charge in [-0.15, -0.1) is 0 Å². The van der Waals surface area contributed by atoms with E-state index in [1.54, 1.807) is 13.8 Å². The number of carbonyl (C=O) groups is 1. The second-order valence-corrected chi connectivity index (χ2v) is 6.30. The molecular formula is C15H20N4O6. The number of fused-ring (bicyclic) bond motifs is 1. The first-order valence-corrected chi connectivity index (χ1v) is 7.88. The number of anilines is 1. The number of aromatic nitrogens is 3. The lowest BCUT2D eigenvalue weighted by Crippen LogP contribution is -2.32. The molecule has 1 unspecified atom stereocenters. The molecule has 6 N–H and O–H groups in total. The topological polar surface area (TPSA) is 161 Å². The molecule has 3 rings (SSSR count). The Kier molecular flexibility index (Phi) is 4.60. The van der Waals surface area contributed by atoms with Crippen LogP contribution in [0.2, 0.25) is 0 Å². The predicted molar refractivity (Wildman–Crippen MR) is 86.9 cm³/mol. The number of aromatic amines is 2. The second kappa shape index (κ2) is 6.56. The summed E-state index contributed by atoms with van der Waals surface area (Å²) in [5, 5.41) is 31.8. The van der Waals surface area contributed by atoms with Crippen LogP contribution in [0.25, 0.3) is 11.0 Å². The molecule has 136 valence electrons. The Balaban J connectivity index is 1.94. The van der Waals surface area contributed by atoms with Crippen LogP contribution in [0, 0.1) is 5.92 Å². The van der Waals surface area contributed by atoms with Crippen LogP contribution in [-0.2, 0) is 9.53 Å². The van der Waals surface area contributed by atoms with Crippen molar-refractivity contribution in [3.8, 4) is 0 Å². The molecule has 1 fully saturated rings. The number of aliphatic hydroxyl groups excluding tert-OH is 3. The largest absolute Gasteiger partial charge is 0.394 e. The van der Waals surface area contributed by atoms with E-state index < -0.39 is 36.6 Å². The molecule has 0 radical (unpaired) electrons. The first kappa shape index (κ1) is 17.5. The van der Waals surface area contributed by atoms with Crippen LogP contribution >= 0.6 is 0 Å². The van der Waals surface area contributed by atoms with Crippen molar-refractivity contribution in [2.75, 3.05) is 11.9 Å². The first-order valence-electron chi connectivity index (χ1n) is 7.88. The second-order valence-electron chi connectivity index (χ2n) is 6.30. The van der Waals surface area contributed by atoms with E-state index in [9.17, 15) is 19.8 Å². The molecule has 2 aromatic heterocycles. The number of hydrogen-bond donors (Lipinski definition) is 6. The number of ether oxygens (including phenoxy) is 1. The monoisotopic (exact) mass is 352 g/mol. The molecule has 2 aromatic rings. The zero-order valence-corrected chi connectivity index (χ0v) is 13.7. The quantitative estimate of drug-likeness (QED) is 0.411. The summed E-state index contributed by atoms with van der Waals surface area (Å²) >= 11 is 0. The molecule has 10 heteroatoms. The van der Waals surface area contributed by atoms with Crippen molar-refractivity contribution in [1.82, 2.24) is 15.0 Å². The van der Waals surface area contributed by atoms with Crippen LogP contribution in [-0.4, -0.2) is 61.1 Å². The van der Waals surface area contributed by atoms with E-state index in [1.165, 1.54) is 6.07 Å². The first-order chi connectivity index (χ1) is 11.8.